The van der Waals surface area contributed by atoms with Crippen molar-refractivity contribution in [2.24, 2.45) is 0 Å². The van der Waals surface area contributed by atoms with Gasteiger partial charge >= 0.3 is 0 Å². The monoisotopic (exact) mass is 196 g/mol. The average molecular weight is 196 g/mol. The van der Waals surface area contributed by atoms with Crippen LogP contribution in [0.4, 0.5) is 0 Å². The minimum absolute atomic E-state index is 0.401. The average Bonchev–Trinajstić information content (AvgIpc) is 2.12. The van der Waals surface area contributed by atoms with Crippen LogP contribution in [0, 0.1) is 0 Å². The molecule has 0 aromatic heterocycles. The molecule has 0 fully saturated rings. The number of rotatable bonds is 4. The molecule has 3 heteroatoms. The Morgan fingerprint density at radius 3 is 2.62 bits per heavy atom. The molecule has 0 atom stereocenters. The molecule has 2 nitrogen and oxygen atoms in total. The van der Waals surface area contributed by atoms with Crippen LogP contribution in [0.2, 0.25) is 0 Å². The van der Waals surface area contributed by atoms with Crippen LogP contribution in [-0.2, 0) is 9.59 Å². The Morgan fingerprint density at radius 1 is 1.23 bits per heavy atom. The van der Waals surface area contributed by atoms with Crippen molar-refractivity contribution >= 4 is 23.3 Å². The lowest BCUT2D eigenvalue weighted by Gasteiger charge is -2.03. The van der Waals surface area contributed by atoms with Crippen LogP contribution in [0.25, 0.3) is 0 Å². The lowest BCUT2D eigenvalue weighted by atomic mass is 10.1. The van der Waals surface area contributed by atoms with E-state index < -0.39 is 11.6 Å². The zero-order chi connectivity index (χ0) is 9.68. The highest BCUT2D eigenvalue weighted by molar-refractivity contribution is 8.03. The fraction of sp³-hybridized carbons (Fsp3) is 0.400. The Balaban J connectivity index is 2.44. The van der Waals surface area contributed by atoms with Crippen molar-refractivity contribution < 1.29 is 9.59 Å². The topological polar surface area (TPSA) is 34.1 Å². The van der Waals surface area contributed by atoms with Gasteiger partial charge in [0.05, 0.1) is 0 Å². The summed E-state index contributed by atoms with van der Waals surface area (Å²) < 4.78 is 0. The molecule has 0 heterocycles. The van der Waals surface area contributed by atoms with E-state index in [-0.39, 0.29) is 0 Å². The molecule has 1 aliphatic carbocycles. The van der Waals surface area contributed by atoms with Crippen LogP contribution in [-0.4, -0.2) is 17.3 Å². The van der Waals surface area contributed by atoms with Crippen LogP contribution in [0.1, 0.15) is 19.8 Å². The van der Waals surface area contributed by atoms with Gasteiger partial charge in [0.1, 0.15) is 0 Å². The van der Waals surface area contributed by atoms with E-state index in [0.717, 1.165) is 23.5 Å². The van der Waals surface area contributed by atoms with Crippen molar-refractivity contribution in [2.75, 3.05) is 5.75 Å². The maximum atomic E-state index is 10.9. The number of hydrogen-bond acceptors (Lipinski definition) is 3. The zero-order valence-corrected chi connectivity index (χ0v) is 8.39. The summed E-state index contributed by atoms with van der Waals surface area (Å²) in [5, 5.41) is 0. The molecule has 0 aromatic carbocycles. The molecule has 0 aromatic rings. The normalized spacial score (nSPS) is 16.2. The first-order chi connectivity index (χ1) is 6.24. The predicted molar refractivity (Wildman–Crippen MR) is 54.6 cm³/mol. The first-order valence-electron chi connectivity index (χ1n) is 4.35. The van der Waals surface area contributed by atoms with Crippen molar-refractivity contribution in [1.29, 1.82) is 0 Å². The van der Waals surface area contributed by atoms with Gasteiger partial charge in [-0.25, -0.2) is 0 Å². The quantitative estimate of drug-likeness (QED) is 0.392. The minimum Gasteiger partial charge on any atom is -0.286 e. The molecule has 13 heavy (non-hydrogen) atoms. The molecule has 0 spiro atoms. The maximum absolute atomic E-state index is 10.9. The summed E-state index contributed by atoms with van der Waals surface area (Å²) in [7, 11) is 0. The summed E-state index contributed by atoms with van der Waals surface area (Å²) in [6.45, 7) is 2.13. The lowest BCUT2D eigenvalue weighted by Crippen LogP contribution is -2.10. The number of ketones is 2. The van der Waals surface area contributed by atoms with Crippen LogP contribution >= 0.6 is 11.8 Å². The van der Waals surface area contributed by atoms with E-state index in [1.807, 2.05) is 0 Å². The highest BCUT2D eigenvalue weighted by atomic mass is 32.2. The van der Waals surface area contributed by atoms with Crippen molar-refractivity contribution in [1.82, 2.24) is 0 Å². The van der Waals surface area contributed by atoms with Gasteiger partial charge in [0.15, 0.2) is 0 Å². The Morgan fingerprint density at radius 2 is 2.00 bits per heavy atom. The number of unbranched alkanes of at least 4 members (excludes halogenated alkanes) is 1. The molecule has 70 valence electrons. The molecular formula is C10H12O2S. The molecule has 0 unspecified atom stereocenters. The number of thioether (sulfide) groups is 1. The van der Waals surface area contributed by atoms with E-state index in [9.17, 15) is 9.59 Å². The summed E-state index contributed by atoms with van der Waals surface area (Å²) in [6.07, 6.45) is 6.76. The van der Waals surface area contributed by atoms with Crippen molar-refractivity contribution in [2.45, 2.75) is 19.8 Å². The lowest BCUT2D eigenvalue weighted by molar-refractivity contribution is -0.131. The van der Waals surface area contributed by atoms with Gasteiger partial charge < -0.3 is 0 Å². The number of allylic oxidation sites excluding steroid dienone is 3. The second kappa shape index (κ2) is 5.02. The predicted octanol–water partition coefficient (Wildman–Crippen LogP) is 2.11. The van der Waals surface area contributed by atoms with Crippen LogP contribution in [0.5, 0.6) is 0 Å². The summed E-state index contributed by atoms with van der Waals surface area (Å²) >= 11 is 1.63. The van der Waals surface area contributed by atoms with Crippen LogP contribution < -0.4 is 0 Å². The van der Waals surface area contributed by atoms with E-state index in [1.54, 1.807) is 17.8 Å². The smallest absolute Gasteiger partial charge is 0.226 e. The van der Waals surface area contributed by atoms with Crippen LogP contribution in [0.15, 0.2) is 23.1 Å². The zero-order valence-electron chi connectivity index (χ0n) is 7.58. The number of hydrogen-bond donors (Lipinski definition) is 0. The third-order valence-electron chi connectivity index (χ3n) is 1.68. The maximum Gasteiger partial charge on any atom is 0.226 e. The third-order valence-corrected chi connectivity index (χ3v) is 2.76. The van der Waals surface area contributed by atoms with E-state index in [4.69, 9.17) is 0 Å². The Kier molecular flexibility index (Phi) is 3.96. The van der Waals surface area contributed by atoms with Gasteiger partial charge in [-0.2, -0.15) is 0 Å². The molecule has 1 rings (SSSR count). The van der Waals surface area contributed by atoms with E-state index in [2.05, 4.69) is 6.92 Å². The first kappa shape index (κ1) is 10.3. The second-order valence-electron chi connectivity index (χ2n) is 2.81. The van der Waals surface area contributed by atoms with Gasteiger partial charge in [0.25, 0.3) is 0 Å². The summed E-state index contributed by atoms with van der Waals surface area (Å²) in [5.41, 5.74) is 0. The molecule has 0 saturated carbocycles. The Bertz CT molecular complexity index is 277. The molecule has 0 aliphatic heterocycles. The number of carbonyl (C=O) groups is 2. The summed E-state index contributed by atoms with van der Waals surface area (Å²) in [5.74, 6) is 0.190. The van der Waals surface area contributed by atoms with Gasteiger partial charge in [0.2, 0.25) is 11.6 Å². The molecule has 0 N–H and O–H groups in total. The SMILES string of the molecule is CCCCSC1=CC(=O)C(=O)C=C1. The second-order valence-corrected chi connectivity index (χ2v) is 3.98. The van der Waals surface area contributed by atoms with Crippen molar-refractivity contribution in [3.63, 3.8) is 0 Å². The molecular weight excluding hydrogens is 184 g/mol. The molecule has 0 saturated heterocycles. The highest BCUT2D eigenvalue weighted by Crippen LogP contribution is 2.20. The summed E-state index contributed by atoms with van der Waals surface area (Å²) in [4.78, 5) is 22.6. The number of carbonyl (C=O) groups excluding carboxylic acids is 2. The van der Waals surface area contributed by atoms with Gasteiger partial charge in [-0.05, 0) is 24.3 Å². The Labute approximate surface area is 82.1 Å². The molecule has 1 aliphatic rings. The third kappa shape index (κ3) is 3.19. The fourth-order valence-corrected chi connectivity index (χ4v) is 1.94. The summed E-state index contributed by atoms with van der Waals surface area (Å²) in [6, 6.07) is 0. The van der Waals surface area contributed by atoms with Gasteiger partial charge in [-0.15, -0.1) is 11.8 Å². The van der Waals surface area contributed by atoms with Crippen molar-refractivity contribution in [3.8, 4) is 0 Å². The van der Waals surface area contributed by atoms with Gasteiger partial charge in [-0.1, -0.05) is 13.3 Å². The molecule has 0 bridgehead atoms. The highest BCUT2D eigenvalue weighted by Gasteiger charge is 2.12. The van der Waals surface area contributed by atoms with Gasteiger partial charge in [-0.3, -0.25) is 9.59 Å². The van der Waals surface area contributed by atoms with Gasteiger partial charge in [0, 0.05) is 11.0 Å². The molecule has 0 radical (unpaired) electrons. The largest absolute Gasteiger partial charge is 0.286 e. The fourth-order valence-electron chi connectivity index (χ4n) is 0.913. The first-order valence-corrected chi connectivity index (χ1v) is 5.33. The van der Waals surface area contributed by atoms with Crippen molar-refractivity contribution in [3.05, 3.63) is 23.1 Å². The Hall–Kier alpha value is -0.830. The minimum atomic E-state index is -0.417. The van der Waals surface area contributed by atoms with E-state index >= 15 is 0 Å². The standard InChI is InChI=1S/C10H12O2S/c1-2-3-6-13-8-4-5-9(11)10(12)7-8/h4-5,7H,2-3,6H2,1H3. The van der Waals surface area contributed by atoms with E-state index in [1.165, 1.54) is 12.2 Å². The van der Waals surface area contributed by atoms with E-state index in [0.29, 0.717) is 0 Å². The van der Waals surface area contributed by atoms with Crippen LogP contribution in [0.3, 0.4) is 0 Å². The molecule has 0 amide bonds.